The Morgan fingerprint density at radius 2 is 1.77 bits per heavy atom. The first-order valence-corrected chi connectivity index (χ1v) is 10.3. The van der Waals surface area contributed by atoms with Crippen molar-refractivity contribution in [3.8, 4) is 5.75 Å². The van der Waals surface area contributed by atoms with E-state index in [2.05, 4.69) is 6.08 Å². The van der Waals surface area contributed by atoms with E-state index >= 15 is 0 Å². The standard InChI is InChI=1S/C24H28O7/c1-29-17-10-7-15(8-11-17)18-5-3-4-14-6-9-16(12-19(14)18)24(30-2)23(28)22(27)21(26)20(13-25)31-24/h5-12,20-23,25-28H,3-4,13H2,1-2H3/t20-,21-,22+,23-,24?/m1/s1. The van der Waals surface area contributed by atoms with Gasteiger partial charge in [0.25, 0.3) is 0 Å². The maximum Gasteiger partial charge on any atom is 0.224 e. The molecule has 4 N–H and O–H groups in total. The molecule has 0 bridgehead atoms. The monoisotopic (exact) mass is 428 g/mol. The topological polar surface area (TPSA) is 109 Å². The van der Waals surface area contributed by atoms with E-state index in [9.17, 15) is 20.4 Å². The maximum absolute atomic E-state index is 10.8. The van der Waals surface area contributed by atoms with E-state index < -0.39 is 36.8 Å². The summed E-state index contributed by atoms with van der Waals surface area (Å²) < 4.78 is 16.7. The van der Waals surface area contributed by atoms with E-state index in [0.29, 0.717) is 5.56 Å². The highest BCUT2D eigenvalue weighted by Gasteiger charge is 2.55. The lowest BCUT2D eigenvalue weighted by molar-refractivity contribution is -0.366. The Morgan fingerprint density at radius 3 is 2.42 bits per heavy atom. The number of hydrogen-bond acceptors (Lipinski definition) is 7. The minimum absolute atomic E-state index is 0.493. The fraction of sp³-hybridized carbons (Fsp3) is 0.417. The molecule has 166 valence electrons. The zero-order valence-corrected chi connectivity index (χ0v) is 17.6. The van der Waals surface area contributed by atoms with E-state index in [-0.39, 0.29) is 0 Å². The lowest BCUT2D eigenvalue weighted by Crippen LogP contribution is -2.64. The minimum atomic E-state index is -1.73. The molecule has 1 heterocycles. The molecule has 4 rings (SSSR count). The average Bonchev–Trinajstić information content (AvgIpc) is 2.82. The molecule has 0 spiro atoms. The summed E-state index contributed by atoms with van der Waals surface area (Å²) in [5.74, 6) is -0.961. The Bertz CT molecular complexity index is 953. The Hall–Kier alpha value is -2.26. The molecule has 1 fully saturated rings. The number of aliphatic hydroxyl groups excluding tert-OH is 4. The highest BCUT2D eigenvalue weighted by molar-refractivity contribution is 5.83. The second-order valence-electron chi connectivity index (χ2n) is 7.89. The van der Waals surface area contributed by atoms with Gasteiger partial charge in [-0.2, -0.15) is 0 Å². The summed E-state index contributed by atoms with van der Waals surface area (Å²) in [6.45, 7) is -0.530. The number of aryl methyl sites for hydroxylation is 1. The second-order valence-corrected chi connectivity index (χ2v) is 7.89. The normalized spacial score (nSPS) is 30.5. The SMILES string of the molecule is COc1ccc(C2=CCCc3ccc(C4(OC)O[C@H](CO)[C@@H](O)[C@H](O)[C@H]4O)cc32)cc1. The predicted octanol–water partition coefficient (Wildman–Crippen LogP) is 1.35. The average molecular weight is 428 g/mol. The van der Waals surface area contributed by atoms with Gasteiger partial charge in [0.1, 0.15) is 30.2 Å². The Labute approximate surface area is 181 Å². The molecule has 0 radical (unpaired) electrons. The third kappa shape index (κ3) is 3.67. The van der Waals surface area contributed by atoms with Gasteiger partial charge in [-0.15, -0.1) is 0 Å². The molecular formula is C24H28O7. The third-order valence-electron chi connectivity index (χ3n) is 6.22. The van der Waals surface area contributed by atoms with Crippen LogP contribution in [0.25, 0.3) is 5.57 Å². The lowest BCUT2D eigenvalue weighted by Gasteiger charge is -2.47. The molecule has 1 saturated heterocycles. The quantitative estimate of drug-likeness (QED) is 0.569. The molecule has 1 aliphatic heterocycles. The summed E-state index contributed by atoms with van der Waals surface area (Å²) >= 11 is 0. The first-order valence-electron chi connectivity index (χ1n) is 10.3. The number of rotatable bonds is 5. The van der Waals surface area contributed by atoms with Gasteiger partial charge in [-0.05, 0) is 53.3 Å². The van der Waals surface area contributed by atoms with Gasteiger partial charge in [-0.1, -0.05) is 30.3 Å². The Morgan fingerprint density at radius 1 is 1.03 bits per heavy atom. The first-order chi connectivity index (χ1) is 14.9. The van der Waals surface area contributed by atoms with Gasteiger partial charge in [-0.25, -0.2) is 0 Å². The zero-order chi connectivity index (χ0) is 22.2. The number of hydrogen-bond donors (Lipinski definition) is 4. The molecular weight excluding hydrogens is 400 g/mol. The van der Waals surface area contributed by atoms with E-state index in [1.807, 2.05) is 36.4 Å². The van der Waals surface area contributed by atoms with E-state index in [1.165, 1.54) is 7.11 Å². The van der Waals surface area contributed by atoms with Crippen LogP contribution in [-0.2, 0) is 21.7 Å². The van der Waals surface area contributed by atoms with Crippen LogP contribution in [0.3, 0.4) is 0 Å². The van der Waals surface area contributed by atoms with Crippen LogP contribution in [0.1, 0.15) is 28.7 Å². The number of aliphatic hydroxyl groups is 4. The summed E-state index contributed by atoms with van der Waals surface area (Å²) in [7, 11) is 2.99. The molecule has 7 heteroatoms. The lowest BCUT2D eigenvalue weighted by atomic mass is 9.82. The summed E-state index contributed by atoms with van der Waals surface area (Å²) in [6.07, 6.45) is -1.69. The molecule has 0 saturated carbocycles. The molecule has 31 heavy (non-hydrogen) atoms. The van der Waals surface area contributed by atoms with Crippen molar-refractivity contribution in [3.63, 3.8) is 0 Å². The van der Waals surface area contributed by atoms with Crippen LogP contribution < -0.4 is 4.74 Å². The number of benzene rings is 2. The first kappa shape index (κ1) is 22.0. The maximum atomic E-state index is 10.8. The van der Waals surface area contributed by atoms with E-state index in [1.54, 1.807) is 13.2 Å². The largest absolute Gasteiger partial charge is 0.497 e. The van der Waals surface area contributed by atoms with Gasteiger partial charge >= 0.3 is 0 Å². The van der Waals surface area contributed by atoms with Gasteiger partial charge in [-0.3, -0.25) is 0 Å². The van der Waals surface area contributed by atoms with Gasteiger partial charge < -0.3 is 34.6 Å². The van der Waals surface area contributed by atoms with Crippen molar-refractivity contribution in [1.82, 2.24) is 0 Å². The summed E-state index contributed by atoms with van der Waals surface area (Å²) in [4.78, 5) is 0. The fourth-order valence-corrected chi connectivity index (χ4v) is 4.45. The Kier molecular flexibility index (Phi) is 6.16. The molecule has 5 atom stereocenters. The van der Waals surface area contributed by atoms with Crippen molar-refractivity contribution >= 4 is 5.57 Å². The number of methoxy groups -OCH3 is 2. The summed E-state index contributed by atoms with van der Waals surface area (Å²) in [5, 5.41) is 41.0. The van der Waals surface area contributed by atoms with Gasteiger partial charge in [0.15, 0.2) is 0 Å². The van der Waals surface area contributed by atoms with Gasteiger partial charge in [0, 0.05) is 12.7 Å². The van der Waals surface area contributed by atoms with Crippen molar-refractivity contribution < 1.29 is 34.6 Å². The zero-order valence-electron chi connectivity index (χ0n) is 17.6. The second kappa shape index (κ2) is 8.70. The van der Waals surface area contributed by atoms with E-state index in [0.717, 1.165) is 40.9 Å². The smallest absolute Gasteiger partial charge is 0.224 e. The van der Waals surface area contributed by atoms with Crippen molar-refractivity contribution in [1.29, 1.82) is 0 Å². The number of ether oxygens (including phenoxy) is 3. The molecule has 2 aromatic rings. The Balaban J connectivity index is 1.78. The van der Waals surface area contributed by atoms with Crippen LogP contribution >= 0.6 is 0 Å². The minimum Gasteiger partial charge on any atom is -0.497 e. The molecule has 0 amide bonds. The molecule has 2 aromatic carbocycles. The van der Waals surface area contributed by atoms with Crippen LogP contribution in [0.15, 0.2) is 48.5 Å². The molecule has 2 aliphatic rings. The van der Waals surface area contributed by atoms with Crippen molar-refractivity contribution in [2.75, 3.05) is 20.8 Å². The summed E-state index contributed by atoms with van der Waals surface area (Å²) in [5.41, 5.74) is 4.68. The van der Waals surface area contributed by atoms with Crippen molar-refractivity contribution in [2.24, 2.45) is 0 Å². The highest BCUT2D eigenvalue weighted by Crippen LogP contribution is 2.42. The van der Waals surface area contributed by atoms with Gasteiger partial charge in [0.05, 0.1) is 13.7 Å². The summed E-state index contributed by atoms with van der Waals surface area (Å²) in [6, 6.07) is 13.4. The van der Waals surface area contributed by atoms with Crippen molar-refractivity contribution in [2.45, 2.75) is 43.0 Å². The number of allylic oxidation sites excluding steroid dienone is 1. The molecule has 7 nitrogen and oxygen atoms in total. The van der Waals surface area contributed by atoms with Crippen LogP contribution in [0.4, 0.5) is 0 Å². The number of fused-ring (bicyclic) bond motifs is 1. The third-order valence-corrected chi connectivity index (χ3v) is 6.22. The van der Waals surface area contributed by atoms with Crippen LogP contribution in [0, 0.1) is 0 Å². The van der Waals surface area contributed by atoms with Crippen LogP contribution in [-0.4, -0.2) is 65.7 Å². The predicted molar refractivity (Wildman–Crippen MR) is 114 cm³/mol. The van der Waals surface area contributed by atoms with E-state index in [4.69, 9.17) is 14.2 Å². The highest BCUT2D eigenvalue weighted by atomic mass is 16.7. The molecule has 1 aliphatic carbocycles. The van der Waals surface area contributed by atoms with Gasteiger partial charge in [0.2, 0.25) is 5.79 Å². The molecule has 0 aromatic heterocycles. The van der Waals surface area contributed by atoms with Crippen LogP contribution in [0.5, 0.6) is 5.75 Å². The van der Waals surface area contributed by atoms with Crippen LogP contribution in [0.2, 0.25) is 0 Å². The van der Waals surface area contributed by atoms with Crippen molar-refractivity contribution in [3.05, 3.63) is 70.8 Å². The molecule has 1 unspecified atom stereocenters. The fourth-order valence-electron chi connectivity index (χ4n) is 4.45.